The summed E-state index contributed by atoms with van der Waals surface area (Å²) < 4.78 is 20.4. The monoisotopic (exact) mass is 385 g/mol. The number of aromatic nitrogens is 4. The van der Waals surface area contributed by atoms with Crippen molar-refractivity contribution in [2.75, 3.05) is 11.9 Å². The predicted octanol–water partition coefficient (Wildman–Crippen LogP) is -1.34. The summed E-state index contributed by atoms with van der Waals surface area (Å²) in [7, 11) is 0. The van der Waals surface area contributed by atoms with E-state index < -0.39 is 42.9 Å². The number of aliphatic hydroxyl groups excluding tert-OH is 3. The molecule has 1 fully saturated rings. The molecule has 11 nitrogen and oxygen atoms in total. The fourth-order valence-electron chi connectivity index (χ4n) is 2.72. The van der Waals surface area contributed by atoms with Gasteiger partial charge in [0.15, 0.2) is 23.6 Å². The molecule has 27 heavy (non-hydrogen) atoms. The van der Waals surface area contributed by atoms with Gasteiger partial charge in [0.05, 0.1) is 12.9 Å². The van der Waals surface area contributed by atoms with Gasteiger partial charge in [-0.25, -0.2) is 9.37 Å². The van der Waals surface area contributed by atoms with Crippen LogP contribution in [0.25, 0.3) is 11.2 Å². The number of halogens is 1. The Kier molecular flexibility index (Phi) is 5.24. The van der Waals surface area contributed by atoms with Crippen molar-refractivity contribution in [1.82, 2.24) is 19.5 Å². The number of ether oxygens (including phenoxy) is 1. The van der Waals surface area contributed by atoms with Crippen molar-refractivity contribution in [3.8, 4) is 0 Å². The molecule has 0 aromatic carbocycles. The Morgan fingerprint density at radius 2 is 2.15 bits per heavy atom. The van der Waals surface area contributed by atoms with Crippen LogP contribution in [0.5, 0.6) is 0 Å². The highest BCUT2D eigenvalue weighted by Gasteiger charge is 2.46. The molecule has 1 aliphatic rings. The number of hydrogen-bond donors (Lipinski definition) is 5. The Labute approximate surface area is 151 Å². The lowest BCUT2D eigenvalue weighted by Gasteiger charge is -2.39. The summed E-state index contributed by atoms with van der Waals surface area (Å²) in [6.45, 7) is 2.59. The Bertz CT molecular complexity index is 896. The van der Waals surface area contributed by atoms with Crippen molar-refractivity contribution in [3.63, 3.8) is 0 Å². The molecule has 1 aliphatic heterocycles. The summed E-state index contributed by atoms with van der Waals surface area (Å²) in [5.74, 6) is -0.879. The van der Waals surface area contributed by atoms with E-state index in [0.29, 0.717) is 0 Å². The molecule has 0 aliphatic carbocycles. The molecule has 1 amide bonds. The summed E-state index contributed by atoms with van der Waals surface area (Å²) >= 11 is 0. The third kappa shape index (κ3) is 3.43. The number of nitrogens with one attached hydrogen (secondary N) is 2. The molecule has 3 heterocycles. The topological polar surface area (TPSA) is 163 Å². The second-order valence-electron chi connectivity index (χ2n) is 6.56. The molecule has 2 aromatic heterocycles. The van der Waals surface area contributed by atoms with E-state index in [1.165, 1.54) is 0 Å². The van der Waals surface area contributed by atoms with Crippen molar-refractivity contribution in [2.24, 2.45) is 5.92 Å². The molecular formula is C15H20FN5O6. The summed E-state index contributed by atoms with van der Waals surface area (Å²) in [5.41, 5.74) is -0.806. The first-order valence-corrected chi connectivity index (χ1v) is 8.28. The first-order chi connectivity index (χ1) is 12.7. The number of rotatable bonds is 4. The van der Waals surface area contributed by atoms with Gasteiger partial charge in [-0.15, -0.1) is 0 Å². The minimum absolute atomic E-state index is 0.0527. The number of aliphatic hydroxyl groups is 3. The zero-order valence-electron chi connectivity index (χ0n) is 14.5. The number of nitrogens with zero attached hydrogens (tertiary/aromatic N) is 3. The Morgan fingerprint density at radius 1 is 1.44 bits per heavy atom. The Balaban J connectivity index is 2.03. The van der Waals surface area contributed by atoms with Gasteiger partial charge in [-0.3, -0.25) is 24.5 Å². The van der Waals surface area contributed by atoms with E-state index in [0.717, 1.165) is 10.9 Å². The Morgan fingerprint density at radius 3 is 2.78 bits per heavy atom. The number of amides is 1. The highest BCUT2D eigenvalue weighted by Crippen LogP contribution is 2.31. The molecule has 2 aromatic rings. The molecule has 12 heteroatoms. The zero-order valence-corrected chi connectivity index (χ0v) is 14.5. The van der Waals surface area contributed by atoms with E-state index in [1.807, 2.05) is 0 Å². The normalized spacial score (nSPS) is 28.6. The summed E-state index contributed by atoms with van der Waals surface area (Å²) in [6.07, 6.45) is -7.11. The van der Waals surface area contributed by atoms with E-state index in [9.17, 15) is 29.3 Å². The largest absolute Gasteiger partial charge is 0.394 e. The number of carbonyl (C=O) groups is 1. The maximum Gasteiger partial charge on any atom is 0.280 e. The minimum Gasteiger partial charge on any atom is -0.394 e. The number of hydrogen-bond acceptors (Lipinski definition) is 8. The van der Waals surface area contributed by atoms with E-state index in [-0.39, 0.29) is 28.9 Å². The van der Waals surface area contributed by atoms with Crippen molar-refractivity contribution < 1.29 is 29.2 Å². The van der Waals surface area contributed by atoms with E-state index in [2.05, 4.69) is 20.3 Å². The minimum atomic E-state index is -1.99. The van der Waals surface area contributed by atoms with Gasteiger partial charge < -0.3 is 20.1 Å². The van der Waals surface area contributed by atoms with Crippen molar-refractivity contribution >= 4 is 23.0 Å². The lowest BCUT2D eigenvalue weighted by molar-refractivity contribution is -0.234. The van der Waals surface area contributed by atoms with Crippen LogP contribution in [0.3, 0.4) is 0 Å². The van der Waals surface area contributed by atoms with Gasteiger partial charge in [0.25, 0.3) is 5.56 Å². The quantitative estimate of drug-likeness (QED) is 0.432. The van der Waals surface area contributed by atoms with Crippen LogP contribution in [0.2, 0.25) is 0 Å². The molecular weight excluding hydrogens is 365 g/mol. The molecule has 0 radical (unpaired) electrons. The molecule has 3 rings (SSSR count). The molecule has 3 unspecified atom stereocenters. The predicted molar refractivity (Wildman–Crippen MR) is 89.5 cm³/mol. The number of fused-ring (bicyclic) bond motifs is 1. The van der Waals surface area contributed by atoms with Crippen LogP contribution >= 0.6 is 0 Å². The number of imidazole rings is 1. The zero-order chi connectivity index (χ0) is 19.9. The van der Waals surface area contributed by atoms with Crippen LogP contribution in [0.4, 0.5) is 10.3 Å². The van der Waals surface area contributed by atoms with Crippen molar-refractivity contribution in [2.45, 2.75) is 44.6 Å². The van der Waals surface area contributed by atoms with Gasteiger partial charge in [-0.05, 0) is 0 Å². The average Bonchev–Trinajstić information content (AvgIpc) is 3.04. The van der Waals surface area contributed by atoms with Gasteiger partial charge in [0.1, 0.15) is 18.3 Å². The lowest BCUT2D eigenvalue weighted by Crippen LogP contribution is -2.54. The number of aromatic amines is 1. The smallest absolute Gasteiger partial charge is 0.280 e. The maximum atomic E-state index is 13.9. The third-order valence-electron chi connectivity index (χ3n) is 4.29. The number of carbonyl (C=O) groups excluding carboxylic acids is 1. The first-order valence-electron chi connectivity index (χ1n) is 8.28. The van der Waals surface area contributed by atoms with E-state index in [1.54, 1.807) is 13.8 Å². The lowest BCUT2D eigenvalue weighted by atomic mass is 9.99. The molecule has 5 N–H and O–H groups in total. The van der Waals surface area contributed by atoms with Crippen molar-refractivity contribution in [1.29, 1.82) is 0 Å². The van der Waals surface area contributed by atoms with Crippen LogP contribution in [-0.2, 0) is 9.53 Å². The molecule has 148 valence electrons. The third-order valence-corrected chi connectivity index (χ3v) is 4.29. The summed E-state index contributed by atoms with van der Waals surface area (Å²) in [4.78, 5) is 34.4. The van der Waals surface area contributed by atoms with Crippen LogP contribution in [0, 0.1) is 5.92 Å². The molecule has 5 atom stereocenters. The number of alkyl halides is 1. The maximum absolute atomic E-state index is 13.9. The van der Waals surface area contributed by atoms with Crippen LogP contribution in [0.1, 0.15) is 20.1 Å². The van der Waals surface area contributed by atoms with Crippen LogP contribution in [-0.4, -0.2) is 71.8 Å². The van der Waals surface area contributed by atoms with E-state index >= 15 is 0 Å². The fourth-order valence-corrected chi connectivity index (χ4v) is 2.72. The molecule has 1 saturated heterocycles. The highest BCUT2D eigenvalue weighted by atomic mass is 19.1. The van der Waals surface area contributed by atoms with Gasteiger partial charge in [0.2, 0.25) is 11.9 Å². The average molecular weight is 385 g/mol. The van der Waals surface area contributed by atoms with Gasteiger partial charge >= 0.3 is 0 Å². The number of anilines is 1. The highest BCUT2D eigenvalue weighted by molar-refractivity contribution is 5.91. The summed E-state index contributed by atoms with van der Waals surface area (Å²) in [5, 5.41) is 31.7. The molecule has 0 bridgehead atoms. The standard InChI is InChI=1S/C15H20FN5O6/c1-5(2)12(25)19-15-18-11-8(13(26)20-15)17-4-21(11)14-10(24)9(23)7(16)6(3-22)27-14/h4-7,9-10,14,22-24H,3H2,1-2H3,(H2,18,19,20,25,26)/t6-,7+,9?,10?,14?/m1/s1. The second-order valence-corrected chi connectivity index (χ2v) is 6.56. The van der Waals surface area contributed by atoms with Gasteiger partial charge in [-0.1, -0.05) is 13.8 Å². The summed E-state index contributed by atoms with van der Waals surface area (Å²) in [6, 6.07) is 0. The SMILES string of the molecule is CC(C)C(=O)Nc1nc2c(ncn2C2O[C@H](CO)[C@H](F)C(O)C2O)c(=O)[nH]1. The van der Waals surface area contributed by atoms with Crippen LogP contribution in [0.15, 0.2) is 11.1 Å². The Hall–Kier alpha value is -2.41. The van der Waals surface area contributed by atoms with Crippen LogP contribution < -0.4 is 10.9 Å². The van der Waals surface area contributed by atoms with Crippen molar-refractivity contribution in [3.05, 3.63) is 16.7 Å². The van der Waals surface area contributed by atoms with E-state index in [4.69, 9.17) is 4.74 Å². The van der Waals surface area contributed by atoms with Gasteiger partial charge in [0, 0.05) is 5.92 Å². The first kappa shape index (κ1) is 19.4. The van der Waals surface area contributed by atoms with Gasteiger partial charge in [-0.2, -0.15) is 4.98 Å². The molecule has 0 spiro atoms. The fraction of sp³-hybridized carbons (Fsp3) is 0.600. The molecule has 0 saturated carbocycles. The second kappa shape index (κ2) is 7.31. The number of H-pyrrole nitrogens is 1.